The van der Waals surface area contributed by atoms with Gasteiger partial charge in [-0.2, -0.15) is 4.68 Å². The summed E-state index contributed by atoms with van der Waals surface area (Å²) >= 11 is 0. The number of ether oxygens (including phenoxy) is 1. The SMILES string of the molecule is CN(CCc1ccccc1)C(=O)Cc1cccc(OCC(C)(C)c2nnnn2-c2ccccc2)c1. The van der Waals surface area contributed by atoms with Crippen LogP contribution in [0.25, 0.3) is 5.69 Å². The molecule has 0 saturated carbocycles. The molecule has 4 rings (SSSR count). The monoisotopic (exact) mass is 469 g/mol. The molecule has 7 heteroatoms. The van der Waals surface area contributed by atoms with E-state index in [0.29, 0.717) is 25.3 Å². The van der Waals surface area contributed by atoms with Gasteiger partial charge in [0.2, 0.25) is 5.91 Å². The first-order chi connectivity index (χ1) is 16.9. The standard InChI is InChI=1S/C28H31N5O2/c1-28(2,27-29-30-31-33(27)24-14-8-5-9-15-24)21-35-25-16-10-13-23(19-25)20-26(34)32(3)18-17-22-11-6-4-7-12-22/h4-16,19H,17-18,20-21H2,1-3H3. The van der Waals surface area contributed by atoms with E-state index in [9.17, 15) is 4.79 Å². The maximum absolute atomic E-state index is 12.7. The van der Waals surface area contributed by atoms with Gasteiger partial charge in [-0.25, -0.2) is 0 Å². The van der Waals surface area contributed by atoms with Crippen molar-refractivity contribution in [2.24, 2.45) is 0 Å². The highest BCUT2D eigenvalue weighted by Crippen LogP contribution is 2.25. The average Bonchev–Trinajstić information content (AvgIpc) is 3.39. The molecule has 0 bridgehead atoms. The summed E-state index contributed by atoms with van der Waals surface area (Å²) < 4.78 is 7.88. The highest BCUT2D eigenvalue weighted by atomic mass is 16.5. The fourth-order valence-corrected chi connectivity index (χ4v) is 3.80. The number of carbonyl (C=O) groups is 1. The van der Waals surface area contributed by atoms with Gasteiger partial charge in [-0.3, -0.25) is 4.79 Å². The van der Waals surface area contributed by atoms with Crippen LogP contribution in [0.15, 0.2) is 84.9 Å². The lowest BCUT2D eigenvalue weighted by atomic mass is 9.93. The molecule has 0 saturated heterocycles. The molecule has 0 spiro atoms. The zero-order valence-electron chi connectivity index (χ0n) is 20.5. The molecule has 0 atom stereocenters. The Morgan fingerprint density at radius 3 is 2.37 bits per heavy atom. The molecule has 3 aromatic carbocycles. The van der Waals surface area contributed by atoms with Crippen molar-refractivity contribution in [3.8, 4) is 11.4 Å². The first-order valence-corrected chi connectivity index (χ1v) is 11.8. The summed E-state index contributed by atoms with van der Waals surface area (Å²) in [5.74, 6) is 1.52. The van der Waals surface area contributed by atoms with Crippen LogP contribution in [0.4, 0.5) is 0 Å². The molecule has 4 aromatic rings. The molecule has 0 radical (unpaired) electrons. The molecule has 0 aliphatic rings. The van der Waals surface area contributed by atoms with Crippen molar-refractivity contribution in [1.29, 1.82) is 0 Å². The van der Waals surface area contributed by atoms with E-state index in [1.807, 2.05) is 93.7 Å². The molecule has 0 unspecified atom stereocenters. The first-order valence-electron chi connectivity index (χ1n) is 11.8. The molecule has 1 amide bonds. The number of hydrogen-bond donors (Lipinski definition) is 0. The molecule has 0 N–H and O–H groups in total. The molecule has 0 fully saturated rings. The van der Waals surface area contributed by atoms with E-state index in [1.54, 1.807) is 9.58 Å². The van der Waals surface area contributed by atoms with Crippen LogP contribution >= 0.6 is 0 Å². The molecule has 7 nitrogen and oxygen atoms in total. The Hall–Kier alpha value is -4.00. The number of amides is 1. The van der Waals surface area contributed by atoms with E-state index in [0.717, 1.165) is 23.5 Å². The van der Waals surface area contributed by atoms with Gasteiger partial charge in [0, 0.05) is 13.6 Å². The zero-order valence-corrected chi connectivity index (χ0v) is 20.5. The number of nitrogens with zero attached hydrogens (tertiary/aromatic N) is 5. The maximum atomic E-state index is 12.7. The smallest absolute Gasteiger partial charge is 0.226 e. The normalized spacial score (nSPS) is 11.3. The number of hydrogen-bond acceptors (Lipinski definition) is 5. The van der Waals surface area contributed by atoms with E-state index < -0.39 is 5.41 Å². The molecule has 1 aromatic heterocycles. The Bertz CT molecular complexity index is 1240. The third-order valence-corrected chi connectivity index (χ3v) is 5.93. The Kier molecular flexibility index (Phi) is 7.55. The minimum Gasteiger partial charge on any atom is -0.493 e. The number of benzene rings is 3. The van der Waals surface area contributed by atoms with Gasteiger partial charge < -0.3 is 9.64 Å². The molecule has 1 heterocycles. The van der Waals surface area contributed by atoms with Crippen LogP contribution in [-0.2, 0) is 23.1 Å². The molecular weight excluding hydrogens is 438 g/mol. The third kappa shape index (κ3) is 6.32. The number of rotatable bonds is 10. The second kappa shape index (κ2) is 11.0. The molecular formula is C28H31N5O2. The van der Waals surface area contributed by atoms with Crippen molar-refractivity contribution in [2.75, 3.05) is 20.2 Å². The predicted octanol–water partition coefficient (Wildman–Crippen LogP) is 4.26. The van der Waals surface area contributed by atoms with E-state index in [-0.39, 0.29) is 5.91 Å². The van der Waals surface area contributed by atoms with Gasteiger partial charge in [-0.05, 0) is 66.1 Å². The molecule has 0 aliphatic carbocycles. The van der Waals surface area contributed by atoms with Gasteiger partial charge in [0.1, 0.15) is 12.4 Å². The van der Waals surface area contributed by atoms with Crippen molar-refractivity contribution < 1.29 is 9.53 Å². The van der Waals surface area contributed by atoms with Crippen LogP contribution in [0.5, 0.6) is 5.75 Å². The van der Waals surface area contributed by atoms with E-state index in [2.05, 4.69) is 27.7 Å². The third-order valence-electron chi connectivity index (χ3n) is 5.93. The maximum Gasteiger partial charge on any atom is 0.226 e. The van der Waals surface area contributed by atoms with Gasteiger partial charge in [-0.1, -0.05) is 60.7 Å². The predicted molar refractivity (Wildman–Crippen MR) is 136 cm³/mol. The first kappa shape index (κ1) is 24.1. The minimum atomic E-state index is -0.442. The summed E-state index contributed by atoms with van der Waals surface area (Å²) in [6.45, 7) is 5.17. The second-order valence-electron chi connectivity index (χ2n) is 9.30. The number of likely N-dealkylation sites (N-methyl/N-ethyl adjacent to an activating group) is 1. The Morgan fingerprint density at radius 2 is 1.63 bits per heavy atom. The second-order valence-corrected chi connectivity index (χ2v) is 9.30. The summed E-state index contributed by atoms with van der Waals surface area (Å²) in [4.78, 5) is 14.5. The fraction of sp³-hybridized carbons (Fsp3) is 0.286. The highest BCUT2D eigenvalue weighted by molar-refractivity contribution is 5.78. The van der Waals surface area contributed by atoms with E-state index in [1.165, 1.54) is 5.56 Å². The summed E-state index contributed by atoms with van der Waals surface area (Å²) in [5, 5.41) is 12.3. The lowest BCUT2D eigenvalue weighted by Crippen LogP contribution is -2.30. The number of carbonyl (C=O) groups excluding carboxylic acids is 1. The van der Waals surface area contributed by atoms with Gasteiger partial charge in [0.05, 0.1) is 17.5 Å². The van der Waals surface area contributed by atoms with E-state index in [4.69, 9.17) is 4.74 Å². The topological polar surface area (TPSA) is 73.1 Å². The van der Waals surface area contributed by atoms with Crippen molar-refractivity contribution in [2.45, 2.75) is 32.1 Å². The van der Waals surface area contributed by atoms with Gasteiger partial charge in [0.25, 0.3) is 0 Å². The zero-order chi connectivity index (χ0) is 24.7. The van der Waals surface area contributed by atoms with Crippen LogP contribution < -0.4 is 4.74 Å². The van der Waals surface area contributed by atoms with Crippen molar-refractivity contribution in [3.05, 3.63) is 102 Å². The number of tetrazole rings is 1. The van der Waals surface area contributed by atoms with Crippen LogP contribution in [0.2, 0.25) is 0 Å². The van der Waals surface area contributed by atoms with Crippen molar-refractivity contribution >= 4 is 5.91 Å². The number of para-hydroxylation sites is 1. The fourth-order valence-electron chi connectivity index (χ4n) is 3.80. The Morgan fingerprint density at radius 1 is 0.943 bits per heavy atom. The van der Waals surface area contributed by atoms with Gasteiger partial charge in [0.15, 0.2) is 5.82 Å². The Balaban J connectivity index is 1.35. The molecule has 0 aliphatic heterocycles. The Labute approximate surface area is 206 Å². The summed E-state index contributed by atoms with van der Waals surface area (Å²) in [5.41, 5.74) is 2.61. The van der Waals surface area contributed by atoms with Crippen LogP contribution in [-0.4, -0.2) is 51.2 Å². The highest BCUT2D eigenvalue weighted by Gasteiger charge is 2.29. The van der Waals surface area contributed by atoms with Crippen LogP contribution in [0.3, 0.4) is 0 Å². The lowest BCUT2D eigenvalue weighted by molar-refractivity contribution is -0.129. The minimum absolute atomic E-state index is 0.0837. The van der Waals surface area contributed by atoms with Crippen LogP contribution in [0, 0.1) is 0 Å². The molecule has 35 heavy (non-hydrogen) atoms. The quantitative estimate of drug-likeness (QED) is 0.347. The van der Waals surface area contributed by atoms with E-state index >= 15 is 0 Å². The van der Waals surface area contributed by atoms with Crippen molar-refractivity contribution in [3.63, 3.8) is 0 Å². The van der Waals surface area contributed by atoms with Gasteiger partial charge in [-0.15, -0.1) is 5.10 Å². The summed E-state index contributed by atoms with van der Waals surface area (Å²) in [7, 11) is 1.85. The summed E-state index contributed by atoms with van der Waals surface area (Å²) in [6.07, 6.45) is 1.17. The van der Waals surface area contributed by atoms with Crippen LogP contribution in [0.1, 0.15) is 30.8 Å². The summed E-state index contributed by atoms with van der Waals surface area (Å²) in [6, 6.07) is 27.7. The number of aromatic nitrogens is 4. The van der Waals surface area contributed by atoms with Gasteiger partial charge >= 0.3 is 0 Å². The molecule has 180 valence electrons. The average molecular weight is 470 g/mol. The van der Waals surface area contributed by atoms with Crippen molar-refractivity contribution in [1.82, 2.24) is 25.1 Å². The largest absolute Gasteiger partial charge is 0.493 e. The lowest BCUT2D eigenvalue weighted by Gasteiger charge is -2.24.